The Hall–Kier alpha value is -2.73. The van der Waals surface area contributed by atoms with Gasteiger partial charge in [-0.15, -0.1) is 0 Å². The van der Waals surface area contributed by atoms with Gasteiger partial charge in [-0.3, -0.25) is 19.8 Å². The van der Waals surface area contributed by atoms with E-state index in [0.29, 0.717) is 12.1 Å². The Balaban J connectivity index is 1.64. The molecule has 1 aliphatic heterocycles. The van der Waals surface area contributed by atoms with E-state index in [9.17, 15) is 14.9 Å². The predicted molar refractivity (Wildman–Crippen MR) is 100 cm³/mol. The Kier molecular flexibility index (Phi) is 5.32. The van der Waals surface area contributed by atoms with Crippen LogP contribution < -0.4 is 5.32 Å². The average molecular weight is 353 g/mol. The van der Waals surface area contributed by atoms with Crippen molar-refractivity contribution in [1.82, 2.24) is 10.2 Å². The first-order chi connectivity index (χ1) is 12.5. The van der Waals surface area contributed by atoms with Crippen LogP contribution in [0, 0.1) is 17.0 Å². The third kappa shape index (κ3) is 3.75. The van der Waals surface area contributed by atoms with E-state index >= 15 is 0 Å². The second-order valence-electron chi connectivity index (χ2n) is 6.78. The van der Waals surface area contributed by atoms with Gasteiger partial charge in [-0.05, 0) is 37.5 Å². The largest absolute Gasteiger partial charge is 0.350 e. The molecule has 3 rings (SSSR count). The Morgan fingerprint density at radius 2 is 1.96 bits per heavy atom. The third-order valence-electron chi connectivity index (χ3n) is 5.01. The number of nitro groups is 1. The molecule has 0 saturated heterocycles. The van der Waals surface area contributed by atoms with E-state index < -0.39 is 10.8 Å². The summed E-state index contributed by atoms with van der Waals surface area (Å²) in [6.07, 6.45) is 0.998. The topological polar surface area (TPSA) is 75.5 Å². The fourth-order valence-electron chi connectivity index (χ4n) is 3.44. The lowest BCUT2D eigenvalue weighted by Crippen LogP contribution is -2.44. The van der Waals surface area contributed by atoms with Gasteiger partial charge in [-0.25, -0.2) is 0 Å². The summed E-state index contributed by atoms with van der Waals surface area (Å²) in [6, 6.07) is 13.4. The van der Waals surface area contributed by atoms with Crippen molar-refractivity contribution >= 4 is 11.6 Å². The second kappa shape index (κ2) is 7.66. The fraction of sp³-hybridized carbons (Fsp3) is 0.350. The summed E-state index contributed by atoms with van der Waals surface area (Å²) in [5.41, 5.74) is 3.20. The van der Waals surface area contributed by atoms with Crippen molar-refractivity contribution in [2.24, 2.45) is 0 Å². The highest BCUT2D eigenvalue weighted by Crippen LogP contribution is 2.23. The van der Waals surface area contributed by atoms with Crippen LogP contribution in [0.1, 0.15) is 34.0 Å². The van der Waals surface area contributed by atoms with Crippen LogP contribution in [-0.2, 0) is 13.0 Å². The monoisotopic (exact) mass is 353 g/mol. The zero-order valence-electron chi connectivity index (χ0n) is 15.1. The molecule has 1 atom stereocenters. The van der Waals surface area contributed by atoms with Gasteiger partial charge in [0.25, 0.3) is 11.6 Å². The fourth-order valence-corrected chi connectivity index (χ4v) is 3.44. The van der Waals surface area contributed by atoms with Gasteiger partial charge in [0.1, 0.15) is 5.56 Å². The molecule has 6 nitrogen and oxygen atoms in total. The number of nitro benzene ring substituents is 1. The maximum absolute atomic E-state index is 12.5. The molecule has 2 aromatic rings. The number of rotatable bonds is 5. The number of nitrogens with one attached hydrogen (secondary N) is 1. The van der Waals surface area contributed by atoms with E-state index in [2.05, 4.69) is 35.3 Å². The van der Waals surface area contributed by atoms with Crippen molar-refractivity contribution in [2.75, 3.05) is 13.1 Å². The van der Waals surface area contributed by atoms with E-state index in [1.807, 2.05) is 6.07 Å². The van der Waals surface area contributed by atoms with Crippen molar-refractivity contribution in [3.63, 3.8) is 0 Å². The van der Waals surface area contributed by atoms with E-state index in [-0.39, 0.29) is 17.3 Å². The highest BCUT2D eigenvalue weighted by Gasteiger charge is 2.24. The molecule has 1 N–H and O–H groups in total. The van der Waals surface area contributed by atoms with Crippen LogP contribution in [0.3, 0.4) is 0 Å². The van der Waals surface area contributed by atoms with E-state index in [1.54, 1.807) is 19.1 Å². The highest BCUT2D eigenvalue weighted by atomic mass is 16.6. The first-order valence-corrected chi connectivity index (χ1v) is 8.80. The maximum Gasteiger partial charge on any atom is 0.285 e. The van der Waals surface area contributed by atoms with Gasteiger partial charge in [0, 0.05) is 31.2 Å². The summed E-state index contributed by atoms with van der Waals surface area (Å²) in [5, 5.41) is 14.1. The number of nitrogens with zero attached hydrogens (tertiary/aromatic N) is 2. The van der Waals surface area contributed by atoms with E-state index in [0.717, 1.165) is 19.5 Å². The number of para-hydroxylation sites is 1. The summed E-state index contributed by atoms with van der Waals surface area (Å²) in [5.74, 6) is -0.398. The predicted octanol–water partition coefficient (Wildman–Crippen LogP) is 3.08. The molecular formula is C20H23N3O3. The molecule has 0 saturated carbocycles. The number of fused-ring (bicyclic) bond motifs is 1. The molecule has 2 aromatic carbocycles. The van der Waals surface area contributed by atoms with Gasteiger partial charge >= 0.3 is 0 Å². The smallest absolute Gasteiger partial charge is 0.285 e. The van der Waals surface area contributed by atoms with Crippen LogP contribution in [0.15, 0.2) is 42.5 Å². The van der Waals surface area contributed by atoms with Gasteiger partial charge in [0.15, 0.2) is 0 Å². The molecule has 6 heteroatoms. The summed E-state index contributed by atoms with van der Waals surface area (Å²) >= 11 is 0. The molecule has 0 aliphatic carbocycles. The lowest BCUT2D eigenvalue weighted by Gasteiger charge is -2.33. The zero-order valence-corrected chi connectivity index (χ0v) is 15.1. The Morgan fingerprint density at radius 3 is 2.69 bits per heavy atom. The van der Waals surface area contributed by atoms with Crippen molar-refractivity contribution in [3.8, 4) is 0 Å². The van der Waals surface area contributed by atoms with Crippen LogP contribution in [0.5, 0.6) is 0 Å². The van der Waals surface area contributed by atoms with Crippen LogP contribution in [0.4, 0.5) is 5.69 Å². The number of carbonyl (C=O) groups is 1. The molecule has 0 radical (unpaired) electrons. The number of aryl methyl sites for hydroxylation is 1. The third-order valence-corrected chi connectivity index (χ3v) is 5.01. The van der Waals surface area contributed by atoms with Crippen LogP contribution in [0.2, 0.25) is 0 Å². The number of carbonyl (C=O) groups excluding carboxylic acids is 1. The van der Waals surface area contributed by atoms with Gasteiger partial charge in [-0.1, -0.05) is 36.4 Å². The normalized spacial score (nSPS) is 15.2. The first kappa shape index (κ1) is 18.1. The van der Waals surface area contributed by atoms with E-state index in [1.165, 1.54) is 17.2 Å². The van der Waals surface area contributed by atoms with Crippen molar-refractivity contribution in [3.05, 3.63) is 74.8 Å². The molecule has 1 unspecified atom stereocenters. The molecule has 1 heterocycles. The molecule has 1 aliphatic rings. The van der Waals surface area contributed by atoms with Crippen LogP contribution >= 0.6 is 0 Å². The molecule has 26 heavy (non-hydrogen) atoms. The molecule has 136 valence electrons. The maximum atomic E-state index is 12.5. The number of hydrogen-bond donors (Lipinski definition) is 1. The minimum atomic E-state index is -0.491. The summed E-state index contributed by atoms with van der Waals surface area (Å²) in [7, 11) is 0. The van der Waals surface area contributed by atoms with Crippen LogP contribution in [-0.4, -0.2) is 34.9 Å². The first-order valence-electron chi connectivity index (χ1n) is 8.80. The second-order valence-corrected chi connectivity index (χ2v) is 6.78. The molecule has 0 aromatic heterocycles. The quantitative estimate of drug-likeness (QED) is 0.662. The van der Waals surface area contributed by atoms with Crippen molar-refractivity contribution in [1.29, 1.82) is 0 Å². The summed E-state index contributed by atoms with van der Waals surface area (Å²) < 4.78 is 0. The zero-order chi connectivity index (χ0) is 18.7. The molecule has 1 amide bonds. The standard InChI is InChI=1S/C20H23N3O3/c1-14-6-5-9-18(19(14)23(25)26)20(24)21-12-15(2)22-11-10-16-7-3-4-8-17(16)13-22/h3-9,15H,10-13H2,1-2H3,(H,21,24). The lowest BCUT2D eigenvalue weighted by molar-refractivity contribution is -0.385. The van der Waals surface area contributed by atoms with Crippen molar-refractivity contribution in [2.45, 2.75) is 32.9 Å². The lowest BCUT2D eigenvalue weighted by atomic mass is 9.99. The van der Waals surface area contributed by atoms with E-state index in [4.69, 9.17) is 0 Å². The summed E-state index contributed by atoms with van der Waals surface area (Å²) in [4.78, 5) is 25.6. The molecule has 0 fully saturated rings. The van der Waals surface area contributed by atoms with Crippen molar-refractivity contribution < 1.29 is 9.72 Å². The highest BCUT2D eigenvalue weighted by molar-refractivity contribution is 5.98. The minimum Gasteiger partial charge on any atom is -0.350 e. The average Bonchev–Trinajstić information content (AvgIpc) is 2.64. The minimum absolute atomic E-state index is 0.117. The van der Waals surface area contributed by atoms with Crippen LogP contribution in [0.25, 0.3) is 0 Å². The Labute approximate surface area is 153 Å². The van der Waals surface area contributed by atoms with Gasteiger partial charge in [0.2, 0.25) is 0 Å². The number of hydrogen-bond acceptors (Lipinski definition) is 4. The number of amides is 1. The Bertz CT molecular complexity index is 835. The number of benzene rings is 2. The Morgan fingerprint density at radius 1 is 1.23 bits per heavy atom. The summed E-state index contributed by atoms with van der Waals surface area (Å²) in [6.45, 7) is 5.96. The van der Waals surface area contributed by atoms with Gasteiger partial charge < -0.3 is 5.32 Å². The van der Waals surface area contributed by atoms with Gasteiger partial charge in [-0.2, -0.15) is 0 Å². The molecule has 0 spiro atoms. The SMILES string of the molecule is Cc1cccc(C(=O)NCC(C)N2CCc3ccccc3C2)c1[N+](=O)[O-]. The molecular weight excluding hydrogens is 330 g/mol. The van der Waals surface area contributed by atoms with Gasteiger partial charge in [0.05, 0.1) is 4.92 Å². The molecule has 0 bridgehead atoms.